The minimum absolute atomic E-state index is 0.0113. The molecule has 28 heavy (non-hydrogen) atoms. The van der Waals surface area contributed by atoms with Crippen LogP contribution < -0.4 is 10.0 Å². The molecule has 0 spiro atoms. The molecule has 3 aromatic rings. The van der Waals surface area contributed by atoms with Crippen LogP contribution >= 0.6 is 22.9 Å². The molecule has 0 radical (unpaired) electrons. The fraction of sp³-hybridized carbons (Fsp3) is 0. The number of halogens is 1. The van der Waals surface area contributed by atoms with Crippen LogP contribution in [0.3, 0.4) is 0 Å². The third-order valence-corrected chi connectivity index (χ3v) is 5.97. The monoisotopic (exact) mass is 438 g/mol. The van der Waals surface area contributed by atoms with Gasteiger partial charge in [-0.2, -0.15) is 0 Å². The Morgan fingerprint density at radius 3 is 2.50 bits per heavy atom. The normalized spacial score (nSPS) is 11.0. The summed E-state index contributed by atoms with van der Waals surface area (Å²) in [7, 11) is -3.80. The highest BCUT2D eigenvalue weighted by atomic mass is 35.5. The van der Waals surface area contributed by atoms with Crippen LogP contribution in [-0.2, 0) is 10.0 Å². The highest BCUT2D eigenvalue weighted by molar-refractivity contribution is 7.93. The molecule has 144 valence electrons. The first kappa shape index (κ1) is 19.7. The van der Waals surface area contributed by atoms with Gasteiger partial charge in [-0.25, -0.2) is 13.4 Å². The molecule has 0 aliphatic carbocycles. The van der Waals surface area contributed by atoms with Crippen LogP contribution in [0, 0.1) is 10.1 Å². The predicted octanol–water partition coefficient (Wildman–Crippen LogP) is 3.76. The first-order chi connectivity index (χ1) is 13.3. The van der Waals surface area contributed by atoms with Crippen molar-refractivity contribution < 1.29 is 18.1 Å². The molecule has 0 aliphatic heterocycles. The Balaban J connectivity index is 1.75. The van der Waals surface area contributed by atoms with Gasteiger partial charge in [-0.3, -0.25) is 19.6 Å². The summed E-state index contributed by atoms with van der Waals surface area (Å²) in [6.45, 7) is 0. The highest BCUT2D eigenvalue weighted by Crippen LogP contribution is 2.26. The third kappa shape index (κ3) is 4.44. The predicted molar refractivity (Wildman–Crippen MR) is 105 cm³/mol. The topological polar surface area (TPSA) is 131 Å². The second kappa shape index (κ2) is 7.92. The smallest absolute Gasteiger partial charge is 0.288 e. The number of amides is 1. The second-order valence-electron chi connectivity index (χ2n) is 5.34. The van der Waals surface area contributed by atoms with Crippen molar-refractivity contribution in [2.45, 2.75) is 4.90 Å². The highest BCUT2D eigenvalue weighted by Gasteiger charge is 2.18. The number of thiazole rings is 1. The molecule has 3 rings (SSSR count). The summed E-state index contributed by atoms with van der Waals surface area (Å²) in [6.07, 6.45) is 1.47. The van der Waals surface area contributed by atoms with Crippen molar-refractivity contribution in [2.24, 2.45) is 0 Å². The Morgan fingerprint density at radius 1 is 1.18 bits per heavy atom. The van der Waals surface area contributed by atoms with Crippen LogP contribution in [0.2, 0.25) is 5.02 Å². The molecule has 0 saturated carbocycles. The molecule has 0 fully saturated rings. The summed E-state index contributed by atoms with van der Waals surface area (Å²) in [4.78, 5) is 26.4. The number of hydrogen-bond donors (Lipinski definition) is 2. The number of carbonyl (C=O) groups excluding carboxylic acids is 1. The van der Waals surface area contributed by atoms with Crippen LogP contribution in [0.1, 0.15) is 10.4 Å². The quantitative estimate of drug-likeness (QED) is 0.445. The second-order valence-corrected chi connectivity index (χ2v) is 8.33. The molecule has 2 N–H and O–H groups in total. The number of sulfonamides is 1. The van der Waals surface area contributed by atoms with E-state index in [1.165, 1.54) is 42.6 Å². The summed E-state index contributed by atoms with van der Waals surface area (Å²) < 4.78 is 26.9. The minimum Gasteiger partial charge on any atom is -0.322 e. The van der Waals surface area contributed by atoms with E-state index in [-0.39, 0.29) is 26.3 Å². The van der Waals surface area contributed by atoms with Gasteiger partial charge in [0.05, 0.1) is 9.82 Å². The van der Waals surface area contributed by atoms with Gasteiger partial charge in [-0.05, 0) is 36.4 Å². The van der Waals surface area contributed by atoms with Gasteiger partial charge in [0.2, 0.25) is 0 Å². The van der Waals surface area contributed by atoms with E-state index in [9.17, 15) is 23.3 Å². The number of nitro benzene ring substituents is 1. The Hall–Kier alpha value is -3.02. The first-order valence-corrected chi connectivity index (χ1v) is 10.3. The van der Waals surface area contributed by atoms with Gasteiger partial charge in [-0.1, -0.05) is 11.6 Å². The molecule has 0 aliphatic rings. The summed E-state index contributed by atoms with van der Waals surface area (Å²) in [5, 5.41) is 15.3. The van der Waals surface area contributed by atoms with Crippen LogP contribution in [0.25, 0.3) is 0 Å². The molecule has 0 bridgehead atoms. The zero-order chi connectivity index (χ0) is 20.3. The number of nitro groups is 1. The van der Waals surface area contributed by atoms with Gasteiger partial charge in [0.15, 0.2) is 5.13 Å². The van der Waals surface area contributed by atoms with Crippen molar-refractivity contribution in [3.63, 3.8) is 0 Å². The lowest BCUT2D eigenvalue weighted by atomic mass is 10.2. The van der Waals surface area contributed by atoms with Gasteiger partial charge < -0.3 is 5.32 Å². The van der Waals surface area contributed by atoms with Crippen LogP contribution in [0.5, 0.6) is 0 Å². The zero-order valence-electron chi connectivity index (χ0n) is 13.8. The maximum absolute atomic E-state index is 12.3. The fourth-order valence-corrected chi connectivity index (χ4v) is 4.14. The third-order valence-electron chi connectivity index (χ3n) is 3.48. The standard InChI is InChI=1S/C16H11ClN4O5S2/c17-13-6-1-10(9-14(13)21(23)24)15(22)19-11-2-4-12(5-3-11)28(25,26)20-16-18-7-8-27-16/h1-9H,(H,18,20)(H,19,22). The molecule has 9 nitrogen and oxygen atoms in total. The number of nitrogens with zero attached hydrogens (tertiary/aromatic N) is 2. The lowest BCUT2D eigenvalue weighted by Crippen LogP contribution is -2.14. The molecule has 12 heteroatoms. The van der Waals surface area contributed by atoms with Crippen molar-refractivity contribution in [2.75, 3.05) is 10.0 Å². The van der Waals surface area contributed by atoms with E-state index < -0.39 is 20.9 Å². The van der Waals surface area contributed by atoms with E-state index in [4.69, 9.17) is 11.6 Å². The molecule has 1 aromatic heterocycles. The van der Waals surface area contributed by atoms with Gasteiger partial charge >= 0.3 is 0 Å². The van der Waals surface area contributed by atoms with Crippen LogP contribution in [-0.4, -0.2) is 24.2 Å². The average Bonchev–Trinajstić information content (AvgIpc) is 3.14. The molecule has 2 aromatic carbocycles. The van der Waals surface area contributed by atoms with Gasteiger partial charge in [0.1, 0.15) is 5.02 Å². The average molecular weight is 439 g/mol. The summed E-state index contributed by atoms with van der Waals surface area (Å²) in [5.41, 5.74) is -0.0296. The number of nitrogens with one attached hydrogen (secondary N) is 2. The summed E-state index contributed by atoms with van der Waals surface area (Å²) >= 11 is 6.87. The molecular weight excluding hydrogens is 428 g/mol. The van der Waals surface area contributed by atoms with Crippen molar-refractivity contribution in [1.29, 1.82) is 0 Å². The number of anilines is 2. The molecular formula is C16H11ClN4O5S2. The molecule has 0 atom stereocenters. The van der Waals surface area contributed by atoms with Crippen LogP contribution in [0.15, 0.2) is 58.9 Å². The maximum Gasteiger partial charge on any atom is 0.288 e. The van der Waals surface area contributed by atoms with Gasteiger partial charge in [0, 0.05) is 28.9 Å². The van der Waals surface area contributed by atoms with Crippen molar-refractivity contribution in [1.82, 2.24) is 4.98 Å². The first-order valence-electron chi connectivity index (χ1n) is 7.54. The van der Waals surface area contributed by atoms with E-state index in [1.807, 2.05) is 0 Å². The zero-order valence-corrected chi connectivity index (χ0v) is 16.2. The minimum atomic E-state index is -3.80. The molecule has 0 unspecified atom stereocenters. The molecule has 1 amide bonds. The number of hydrogen-bond acceptors (Lipinski definition) is 7. The number of rotatable bonds is 6. The van der Waals surface area contributed by atoms with E-state index >= 15 is 0 Å². The van der Waals surface area contributed by atoms with Crippen molar-refractivity contribution in [3.8, 4) is 0 Å². The lowest BCUT2D eigenvalue weighted by Gasteiger charge is -2.08. The Bertz CT molecular complexity index is 1130. The van der Waals surface area contributed by atoms with Gasteiger partial charge in [0.25, 0.3) is 21.6 Å². The van der Waals surface area contributed by atoms with Crippen molar-refractivity contribution in [3.05, 3.63) is 74.7 Å². The van der Waals surface area contributed by atoms with E-state index in [0.29, 0.717) is 5.69 Å². The summed E-state index contributed by atoms with van der Waals surface area (Å²) in [6, 6.07) is 9.10. The maximum atomic E-state index is 12.3. The number of carbonyl (C=O) groups is 1. The summed E-state index contributed by atoms with van der Waals surface area (Å²) in [5.74, 6) is -0.601. The number of benzene rings is 2. The Kier molecular flexibility index (Phi) is 5.58. The van der Waals surface area contributed by atoms with E-state index in [1.54, 1.807) is 5.38 Å². The number of aromatic nitrogens is 1. The van der Waals surface area contributed by atoms with E-state index in [2.05, 4.69) is 15.0 Å². The lowest BCUT2D eigenvalue weighted by molar-refractivity contribution is -0.384. The molecule has 0 saturated heterocycles. The Morgan fingerprint density at radius 2 is 1.89 bits per heavy atom. The van der Waals surface area contributed by atoms with Crippen molar-refractivity contribution >= 4 is 55.4 Å². The largest absolute Gasteiger partial charge is 0.322 e. The van der Waals surface area contributed by atoms with Crippen LogP contribution in [0.4, 0.5) is 16.5 Å². The Labute approximate surface area is 168 Å². The fourth-order valence-electron chi connectivity index (χ4n) is 2.16. The van der Waals surface area contributed by atoms with Gasteiger partial charge in [-0.15, -0.1) is 11.3 Å². The molecule has 1 heterocycles. The SMILES string of the molecule is O=C(Nc1ccc(S(=O)(=O)Nc2nccs2)cc1)c1ccc(Cl)c([N+](=O)[O-])c1. The van der Waals surface area contributed by atoms with E-state index in [0.717, 1.165) is 17.4 Å².